The van der Waals surface area contributed by atoms with E-state index in [4.69, 9.17) is 0 Å². The standard InChI is InChI=1S/C16H23F2NS/c1-2-19-13(11-20-14-7-3-4-8-14)10-12-6-5-9-15(17)16(12)18/h5-6,9,13-14,19H,2-4,7-8,10-11H2,1H3. The lowest BCUT2D eigenvalue weighted by atomic mass is 10.1. The van der Waals surface area contributed by atoms with Crippen LogP contribution in [0.15, 0.2) is 18.2 Å². The molecule has 2 rings (SSSR count). The lowest BCUT2D eigenvalue weighted by molar-refractivity contribution is 0.486. The van der Waals surface area contributed by atoms with Crippen molar-refractivity contribution in [2.24, 2.45) is 0 Å². The van der Waals surface area contributed by atoms with Gasteiger partial charge in [0.05, 0.1) is 0 Å². The van der Waals surface area contributed by atoms with E-state index in [9.17, 15) is 8.78 Å². The molecule has 0 aliphatic heterocycles. The maximum absolute atomic E-state index is 13.7. The van der Waals surface area contributed by atoms with Gasteiger partial charge >= 0.3 is 0 Å². The summed E-state index contributed by atoms with van der Waals surface area (Å²) in [7, 11) is 0. The van der Waals surface area contributed by atoms with Gasteiger partial charge in [0.25, 0.3) is 0 Å². The van der Waals surface area contributed by atoms with Crippen LogP contribution in [-0.4, -0.2) is 23.6 Å². The number of benzene rings is 1. The van der Waals surface area contributed by atoms with Gasteiger partial charge in [0.1, 0.15) is 0 Å². The summed E-state index contributed by atoms with van der Waals surface area (Å²) in [6.45, 7) is 2.90. The van der Waals surface area contributed by atoms with Crippen LogP contribution in [0, 0.1) is 11.6 Å². The number of likely N-dealkylation sites (N-methyl/N-ethyl adjacent to an activating group) is 1. The maximum atomic E-state index is 13.7. The minimum absolute atomic E-state index is 0.210. The Hall–Kier alpha value is -0.610. The lowest BCUT2D eigenvalue weighted by Gasteiger charge is -2.20. The number of thioether (sulfide) groups is 1. The zero-order valence-electron chi connectivity index (χ0n) is 12.0. The third-order valence-corrected chi connectivity index (χ3v) is 5.36. The molecule has 20 heavy (non-hydrogen) atoms. The summed E-state index contributed by atoms with van der Waals surface area (Å²) in [6.07, 6.45) is 5.83. The van der Waals surface area contributed by atoms with Crippen LogP contribution >= 0.6 is 11.8 Å². The van der Waals surface area contributed by atoms with Crippen LogP contribution in [0.3, 0.4) is 0 Å². The topological polar surface area (TPSA) is 12.0 Å². The summed E-state index contributed by atoms with van der Waals surface area (Å²) < 4.78 is 27.0. The molecule has 0 spiro atoms. The first kappa shape index (κ1) is 15.8. The molecule has 0 bridgehead atoms. The third kappa shape index (κ3) is 4.45. The van der Waals surface area contributed by atoms with E-state index in [2.05, 4.69) is 12.2 Å². The molecule has 0 amide bonds. The average Bonchev–Trinajstić information content (AvgIpc) is 2.94. The van der Waals surface area contributed by atoms with Crippen LogP contribution in [0.4, 0.5) is 8.78 Å². The van der Waals surface area contributed by atoms with Crippen molar-refractivity contribution in [3.05, 3.63) is 35.4 Å². The van der Waals surface area contributed by atoms with Gasteiger partial charge in [-0.2, -0.15) is 11.8 Å². The van der Waals surface area contributed by atoms with Crippen molar-refractivity contribution in [2.45, 2.75) is 50.3 Å². The van der Waals surface area contributed by atoms with E-state index >= 15 is 0 Å². The molecule has 0 radical (unpaired) electrons. The van der Waals surface area contributed by atoms with Gasteiger partial charge in [-0.05, 0) is 37.4 Å². The second kappa shape index (κ2) is 7.99. The van der Waals surface area contributed by atoms with Crippen LogP contribution in [-0.2, 0) is 6.42 Å². The first-order valence-corrected chi connectivity index (χ1v) is 8.53. The van der Waals surface area contributed by atoms with Crippen LogP contribution < -0.4 is 5.32 Å². The van der Waals surface area contributed by atoms with Crippen molar-refractivity contribution in [3.63, 3.8) is 0 Å². The Kier molecular flexibility index (Phi) is 6.30. The molecule has 1 saturated carbocycles. The van der Waals surface area contributed by atoms with E-state index in [1.807, 2.05) is 11.8 Å². The Morgan fingerprint density at radius 1 is 1.30 bits per heavy atom. The predicted octanol–water partition coefficient (Wildman–Crippen LogP) is 4.16. The summed E-state index contributed by atoms with van der Waals surface area (Å²) >= 11 is 1.98. The molecule has 112 valence electrons. The summed E-state index contributed by atoms with van der Waals surface area (Å²) in [4.78, 5) is 0. The first-order valence-electron chi connectivity index (χ1n) is 7.48. The van der Waals surface area contributed by atoms with Gasteiger partial charge in [0.2, 0.25) is 0 Å². The van der Waals surface area contributed by atoms with Gasteiger partial charge < -0.3 is 5.32 Å². The predicted molar refractivity (Wildman–Crippen MR) is 82.2 cm³/mol. The minimum Gasteiger partial charge on any atom is -0.313 e. The van der Waals surface area contributed by atoms with Crippen LogP contribution in [0.2, 0.25) is 0 Å². The van der Waals surface area contributed by atoms with Crippen molar-refractivity contribution >= 4 is 11.8 Å². The number of rotatable bonds is 7. The molecule has 1 fully saturated rings. The summed E-state index contributed by atoms with van der Waals surface area (Å²) in [6, 6.07) is 4.65. The van der Waals surface area contributed by atoms with E-state index in [1.54, 1.807) is 12.1 Å². The molecular weight excluding hydrogens is 276 g/mol. The Bertz CT molecular complexity index is 419. The molecule has 4 heteroatoms. The lowest BCUT2D eigenvalue weighted by Crippen LogP contribution is -2.34. The number of hydrogen-bond acceptors (Lipinski definition) is 2. The number of hydrogen-bond donors (Lipinski definition) is 1. The van der Waals surface area contributed by atoms with Crippen LogP contribution in [0.1, 0.15) is 38.2 Å². The fourth-order valence-corrected chi connectivity index (χ4v) is 4.16. The second-order valence-electron chi connectivity index (χ2n) is 5.41. The first-order chi connectivity index (χ1) is 9.70. The molecule has 1 aromatic rings. The molecule has 0 saturated heterocycles. The van der Waals surface area contributed by atoms with E-state index in [0.29, 0.717) is 12.0 Å². The molecule has 1 atom stereocenters. The highest BCUT2D eigenvalue weighted by Crippen LogP contribution is 2.30. The normalized spacial score (nSPS) is 17.6. The smallest absolute Gasteiger partial charge is 0.162 e. The molecule has 0 aromatic heterocycles. The Labute approximate surface area is 124 Å². The van der Waals surface area contributed by atoms with Gasteiger partial charge in [-0.1, -0.05) is 31.9 Å². The van der Waals surface area contributed by atoms with Crippen molar-refractivity contribution < 1.29 is 8.78 Å². The van der Waals surface area contributed by atoms with E-state index in [0.717, 1.165) is 17.5 Å². The minimum atomic E-state index is -0.749. The number of halogens is 2. The van der Waals surface area contributed by atoms with Gasteiger partial charge in [-0.15, -0.1) is 0 Å². The van der Waals surface area contributed by atoms with Crippen molar-refractivity contribution in [1.82, 2.24) is 5.32 Å². The van der Waals surface area contributed by atoms with E-state index in [1.165, 1.54) is 31.7 Å². The monoisotopic (exact) mass is 299 g/mol. The zero-order chi connectivity index (χ0) is 14.4. The van der Waals surface area contributed by atoms with Crippen molar-refractivity contribution in [1.29, 1.82) is 0 Å². The van der Waals surface area contributed by atoms with Crippen molar-refractivity contribution in [3.8, 4) is 0 Å². The van der Waals surface area contributed by atoms with Gasteiger partial charge in [0.15, 0.2) is 11.6 Å². The SMILES string of the molecule is CCNC(CSC1CCCC1)Cc1cccc(F)c1F. The Morgan fingerprint density at radius 2 is 2.05 bits per heavy atom. The highest BCUT2D eigenvalue weighted by molar-refractivity contribution is 7.99. The quantitative estimate of drug-likeness (QED) is 0.811. The molecule has 1 aliphatic rings. The van der Waals surface area contributed by atoms with Crippen LogP contribution in [0.5, 0.6) is 0 Å². The second-order valence-corrected chi connectivity index (χ2v) is 6.74. The number of nitrogens with one attached hydrogen (secondary N) is 1. The molecule has 1 aliphatic carbocycles. The fraction of sp³-hybridized carbons (Fsp3) is 0.625. The van der Waals surface area contributed by atoms with Gasteiger partial charge in [0, 0.05) is 17.0 Å². The molecule has 1 aromatic carbocycles. The third-order valence-electron chi connectivity index (χ3n) is 3.83. The van der Waals surface area contributed by atoms with Crippen molar-refractivity contribution in [2.75, 3.05) is 12.3 Å². The van der Waals surface area contributed by atoms with Crippen LogP contribution in [0.25, 0.3) is 0 Å². The highest BCUT2D eigenvalue weighted by atomic mass is 32.2. The fourth-order valence-electron chi connectivity index (χ4n) is 2.76. The van der Waals surface area contributed by atoms with Gasteiger partial charge in [-0.3, -0.25) is 0 Å². The molecule has 1 N–H and O–H groups in total. The average molecular weight is 299 g/mol. The van der Waals surface area contributed by atoms with E-state index in [-0.39, 0.29) is 6.04 Å². The summed E-state index contributed by atoms with van der Waals surface area (Å²) in [5.74, 6) is -0.475. The highest BCUT2D eigenvalue weighted by Gasteiger charge is 2.19. The largest absolute Gasteiger partial charge is 0.313 e. The maximum Gasteiger partial charge on any atom is 0.162 e. The molecule has 1 unspecified atom stereocenters. The van der Waals surface area contributed by atoms with E-state index < -0.39 is 11.6 Å². The summed E-state index contributed by atoms with van der Waals surface area (Å²) in [5.41, 5.74) is 0.475. The molecule has 0 heterocycles. The Balaban J connectivity index is 1.92. The van der Waals surface area contributed by atoms with Gasteiger partial charge in [-0.25, -0.2) is 8.78 Å². The molecule has 1 nitrogen and oxygen atoms in total. The zero-order valence-corrected chi connectivity index (χ0v) is 12.8. The molecular formula is C16H23F2NS. The summed E-state index contributed by atoms with van der Waals surface area (Å²) in [5, 5.41) is 4.15. The Morgan fingerprint density at radius 3 is 2.75 bits per heavy atom.